The van der Waals surface area contributed by atoms with Gasteiger partial charge in [-0.25, -0.2) is 4.79 Å². The Labute approximate surface area is 166 Å². The molecule has 1 heterocycles. The molecule has 0 bridgehead atoms. The number of rotatable bonds is 1. The van der Waals surface area contributed by atoms with E-state index in [-0.39, 0.29) is 28.3 Å². The highest BCUT2D eigenvalue weighted by atomic mass is 16.4. The summed E-state index contributed by atoms with van der Waals surface area (Å²) in [6, 6.07) is 3.38. The van der Waals surface area contributed by atoms with Crippen molar-refractivity contribution in [2.45, 2.75) is 76.7 Å². The Bertz CT molecular complexity index is 893. The van der Waals surface area contributed by atoms with E-state index in [1.165, 1.54) is 11.6 Å². The average Bonchev–Trinajstić information content (AvgIpc) is 2.95. The van der Waals surface area contributed by atoms with Gasteiger partial charge in [0.25, 0.3) is 0 Å². The van der Waals surface area contributed by atoms with Crippen molar-refractivity contribution in [3.05, 3.63) is 46.0 Å². The summed E-state index contributed by atoms with van der Waals surface area (Å²) in [5, 5.41) is 12.1. The van der Waals surface area contributed by atoms with Gasteiger partial charge in [-0.3, -0.25) is 4.79 Å². The van der Waals surface area contributed by atoms with E-state index in [9.17, 15) is 14.7 Å². The number of carbonyl (C=O) groups excluding carboxylic acids is 1. The highest BCUT2D eigenvalue weighted by molar-refractivity contribution is 5.82. The van der Waals surface area contributed by atoms with Crippen molar-refractivity contribution in [1.82, 2.24) is 0 Å². The van der Waals surface area contributed by atoms with Crippen LogP contribution in [0.15, 0.2) is 39.3 Å². The molecule has 1 aromatic heterocycles. The first-order valence-corrected chi connectivity index (χ1v) is 10.8. The van der Waals surface area contributed by atoms with Crippen LogP contribution in [0.25, 0.3) is 0 Å². The lowest BCUT2D eigenvalue weighted by Crippen LogP contribution is -2.60. The van der Waals surface area contributed by atoms with Crippen molar-refractivity contribution in [3.63, 3.8) is 0 Å². The number of allylic oxidation sites excluding steroid dienone is 2. The highest BCUT2D eigenvalue weighted by Crippen LogP contribution is 2.69. The Kier molecular flexibility index (Phi) is 3.88. The van der Waals surface area contributed by atoms with Crippen LogP contribution in [0.5, 0.6) is 0 Å². The number of hydrogen-bond donors (Lipinski definition) is 1. The summed E-state index contributed by atoms with van der Waals surface area (Å²) in [4.78, 5) is 23.4. The van der Waals surface area contributed by atoms with Crippen molar-refractivity contribution in [1.29, 1.82) is 0 Å². The average molecular weight is 383 g/mol. The number of aliphatic hydroxyl groups is 1. The van der Waals surface area contributed by atoms with Gasteiger partial charge in [0.15, 0.2) is 0 Å². The third-order valence-corrected chi connectivity index (χ3v) is 9.25. The predicted octanol–water partition coefficient (Wildman–Crippen LogP) is 4.37. The summed E-state index contributed by atoms with van der Waals surface area (Å²) in [6.07, 6.45) is 10.8. The molecule has 4 aliphatic rings. The molecule has 28 heavy (non-hydrogen) atoms. The molecule has 5 rings (SSSR count). The van der Waals surface area contributed by atoms with E-state index in [2.05, 4.69) is 19.9 Å². The number of hydrogen-bond acceptors (Lipinski definition) is 4. The fourth-order valence-corrected chi connectivity index (χ4v) is 7.54. The third kappa shape index (κ3) is 2.27. The van der Waals surface area contributed by atoms with E-state index in [0.717, 1.165) is 44.1 Å². The number of ketones is 1. The highest BCUT2D eigenvalue weighted by Gasteiger charge is 2.66. The summed E-state index contributed by atoms with van der Waals surface area (Å²) in [6.45, 7) is 4.59. The maximum Gasteiger partial charge on any atom is 0.335 e. The molecule has 4 heteroatoms. The summed E-state index contributed by atoms with van der Waals surface area (Å²) in [5.74, 6) is 1.28. The zero-order valence-electron chi connectivity index (χ0n) is 16.9. The van der Waals surface area contributed by atoms with Crippen LogP contribution in [0.4, 0.5) is 0 Å². The summed E-state index contributed by atoms with van der Waals surface area (Å²) in [7, 11) is 0. The molecule has 4 nitrogen and oxygen atoms in total. The van der Waals surface area contributed by atoms with E-state index >= 15 is 0 Å². The number of fused-ring (bicyclic) bond motifs is 5. The second kappa shape index (κ2) is 5.91. The lowest BCUT2D eigenvalue weighted by atomic mass is 9.45. The SMILES string of the molecule is C[C@]12CCC(=O)CC1=CCC1C2CC[C@]2(C)[C@@H](c3ccc(=O)oc3)CC[C@]12O. The molecule has 1 N–H and O–H groups in total. The Hall–Kier alpha value is -1.68. The molecule has 0 aromatic carbocycles. The summed E-state index contributed by atoms with van der Waals surface area (Å²) >= 11 is 0. The largest absolute Gasteiger partial charge is 0.431 e. The summed E-state index contributed by atoms with van der Waals surface area (Å²) < 4.78 is 5.15. The predicted molar refractivity (Wildman–Crippen MR) is 106 cm³/mol. The first-order valence-electron chi connectivity index (χ1n) is 10.8. The van der Waals surface area contributed by atoms with Crippen LogP contribution >= 0.6 is 0 Å². The molecule has 0 saturated heterocycles. The Morgan fingerprint density at radius 3 is 2.64 bits per heavy atom. The normalized spacial score (nSPS) is 45.0. The summed E-state index contributed by atoms with van der Waals surface area (Å²) in [5.41, 5.74) is 1.19. The Morgan fingerprint density at radius 2 is 1.89 bits per heavy atom. The van der Waals surface area contributed by atoms with Gasteiger partial charge in [0.05, 0.1) is 11.9 Å². The molecule has 4 aliphatic carbocycles. The number of Topliss-reactive ketones (excluding diaryl/α,β-unsaturated/α-hetero) is 1. The molecule has 1 aromatic rings. The van der Waals surface area contributed by atoms with Crippen molar-refractivity contribution < 1.29 is 14.3 Å². The second-order valence-corrected chi connectivity index (χ2v) is 10.2. The topological polar surface area (TPSA) is 67.5 Å². The molecule has 0 radical (unpaired) electrons. The molecule has 3 fully saturated rings. The fraction of sp³-hybridized carbons (Fsp3) is 0.667. The molecule has 3 saturated carbocycles. The van der Waals surface area contributed by atoms with Crippen LogP contribution < -0.4 is 5.63 Å². The van der Waals surface area contributed by atoms with E-state index < -0.39 is 5.60 Å². The first kappa shape index (κ1) is 18.4. The monoisotopic (exact) mass is 382 g/mol. The van der Waals surface area contributed by atoms with Crippen molar-refractivity contribution in [2.24, 2.45) is 22.7 Å². The van der Waals surface area contributed by atoms with Crippen LogP contribution in [0, 0.1) is 22.7 Å². The van der Waals surface area contributed by atoms with E-state index in [4.69, 9.17) is 4.42 Å². The van der Waals surface area contributed by atoms with Crippen LogP contribution in [0.3, 0.4) is 0 Å². The molecule has 0 spiro atoms. The Balaban J connectivity index is 1.52. The lowest BCUT2D eigenvalue weighted by molar-refractivity contribution is -0.171. The molecule has 0 amide bonds. The second-order valence-electron chi connectivity index (χ2n) is 10.2. The van der Waals surface area contributed by atoms with Gasteiger partial charge in [0.1, 0.15) is 5.78 Å². The minimum absolute atomic E-state index is 0.0610. The quantitative estimate of drug-likeness (QED) is 0.733. The minimum atomic E-state index is -0.705. The third-order valence-electron chi connectivity index (χ3n) is 9.25. The van der Waals surface area contributed by atoms with Crippen LogP contribution in [0.2, 0.25) is 0 Å². The molecule has 0 aliphatic heterocycles. The van der Waals surface area contributed by atoms with Crippen molar-refractivity contribution in [2.75, 3.05) is 0 Å². The fourth-order valence-electron chi connectivity index (χ4n) is 7.54. The molecular formula is C24H30O4. The van der Waals surface area contributed by atoms with Gasteiger partial charge in [-0.1, -0.05) is 25.5 Å². The van der Waals surface area contributed by atoms with Gasteiger partial charge in [-0.05, 0) is 73.3 Å². The van der Waals surface area contributed by atoms with E-state index in [1.807, 2.05) is 6.07 Å². The zero-order valence-corrected chi connectivity index (χ0v) is 16.9. The molecule has 6 atom stereocenters. The molecule has 2 unspecified atom stereocenters. The van der Waals surface area contributed by atoms with Gasteiger partial charge in [-0.2, -0.15) is 0 Å². The van der Waals surface area contributed by atoms with E-state index in [1.54, 1.807) is 6.26 Å². The minimum Gasteiger partial charge on any atom is -0.431 e. The maximum atomic E-state index is 12.1. The van der Waals surface area contributed by atoms with Crippen LogP contribution in [-0.4, -0.2) is 16.5 Å². The van der Waals surface area contributed by atoms with Gasteiger partial charge < -0.3 is 9.52 Å². The van der Waals surface area contributed by atoms with Crippen molar-refractivity contribution in [3.8, 4) is 0 Å². The standard InChI is InChI=1S/C24H30O4/c1-22-10-7-17(25)13-16(22)4-5-20-19(22)8-11-23(2)18(9-12-24(20,23)27)15-3-6-21(26)28-14-15/h3-4,6,14,18-20,27H,5,7-13H2,1-2H3/t18-,19?,20?,22+,23-,24+/m1/s1. The van der Waals surface area contributed by atoms with Gasteiger partial charge in [0.2, 0.25) is 0 Å². The van der Waals surface area contributed by atoms with Crippen LogP contribution in [-0.2, 0) is 4.79 Å². The van der Waals surface area contributed by atoms with Crippen molar-refractivity contribution >= 4 is 5.78 Å². The zero-order chi connectivity index (χ0) is 19.7. The van der Waals surface area contributed by atoms with E-state index in [0.29, 0.717) is 24.5 Å². The van der Waals surface area contributed by atoms with Gasteiger partial charge in [0, 0.05) is 24.3 Å². The van der Waals surface area contributed by atoms with Gasteiger partial charge in [-0.15, -0.1) is 0 Å². The lowest BCUT2D eigenvalue weighted by Gasteiger charge is -2.60. The first-order chi connectivity index (χ1) is 13.3. The van der Waals surface area contributed by atoms with Crippen LogP contribution in [0.1, 0.15) is 76.7 Å². The molecule has 150 valence electrons. The molecular weight excluding hydrogens is 352 g/mol. The number of carbonyl (C=O) groups is 1. The smallest absolute Gasteiger partial charge is 0.335 e. The maximum absolute atomic E-state index is 12.1. The van der Waals surface area contributed by atoms with Gasteiger partial charge >= 0.3 is 5.63 Å². The Morgan fingerprint density at radius 1 is 1.07 bits per heavy atom.